The number of hydrogen-bond acceptors (Lipinski definition) is 2. The number of rotatable bonds is 6. The number of amides is 1. The number of unbranched alkanes of at least 4 members (excludes halogenated alkanes) is 1. The number of hydrogen-bond donors (Lipinski definition) is 2. The first kappa shape index (κ1) is 13.7. The van der Waals surface area contributed by atoms with Gasteiger partial charge in [-0.25, -0.2) is 0 Å². The molecule has 100 valence electrons. The molecular formula is C12H16Cl2N2O2. The molecule has 18 heavy (non-hydrogen) atoms. The molecule has 0 bridgehead atoms. The van der Waals surface area contributed by atoms with Crippen molar-refractivity contribution in [1.29, 1.82) is 0 Å². The minimum atomic E-state index is -0.0655. The Hall–Kier alpha value is -0.710. The van der Waals surface area contributed by atoms with E-state index in [0.717, 1.165) is 19.3 Å². The number of H-pyrrole nitrogens is 1. The molecule has 2 rings (SSSR count). The van der Waals surface area contributed by atoms with Gasteiger partial charge in [0.15, 0.2) is 0 Å². The quantitative estimate of drug-likeness (QED) is 0.792. The van der Waals surface area contributed by atoms with Gasteiger partial charge in [-0.1, -0.05) is 23.2 Å². The van der Waals surface area contributed by atoms with Gasteiger partial charge in [0.05, 0.1) is 5.02 Å². The molecule has 0 aromatic carbocycles. The molecular weight excluding hydrogens is 275 g/mol. The third-order valence-electron chi connectivity index (χ3n) is 3.01. The van der Waals surface area contributed by atoms with E-state index in [1.54, 1.807) is 6.07 Å². The van der Waals surface area contributed by atoms with Crippen LogP contribution in [0.3, 0.4) is 0 Å². The maximum Gasteiger partial charge on any atom is 0.270 e. The van der Waals surface area contributed by atoms with E-state index in [0.29, 0.717) is 34.9 Å². The molecule has 6 heteroatoms. The van der Waals surface area contributed by atoms with Crippen molar-refractivity contribution >= 4 is 29.1 Å². The van der Waals surface area contributed by atoms with Crippen molar-refractivity contribution in [2.45, 2.75) is 31.7 Å². The van der Waals surface area contributed by atoms with Crippen molar-refractivity contribution in [2.24, 2.45) is 0 Å². The summed E-state index contributed by atoms with van der Waals surface area (Å²) in [6, 6.07) is 1.89. The summed E-state index contributed by atoms with van der Waals surface area (Å²) in [5.41, 5.74) is 0.431. The van der Waals surface area contributed by atoms with Gasteiger partial charge < -0.3 is 15.0 Å². The van der Waals surface area contributed by atoms with Gasteiger partial charge in [0.25, 0.3) is 5.91 Å². The van der Waals surface area contributed by atoms with Crippen LogP contribution in [0.1, 0.15) is 36.2 Å². The first-order chi connectivity index (χ1) is 8.63. The minimum Gasteiger partial charge on any atom is -0.396 e. The number of aromatic nitrogens is 1. The predicted octanol–water partition coefficient (Wildman–Crippen LogP) is 2.70. The number of nitrogens with one attached hydrogen (secondary N) is 1. The minimum absolute atomic E-state index is 0.0655. The first-order valence-corrected chi connectivity index (χ1v) is 6.85. The van der Waals surface area contributed by atoms with Crippen molar-refractivity contribution in [3.8, 4) is 0 Å². The molecule has 1 aromatic rings. The Morgan fingerprint density at radius 2 is 2.17 bits per heavy atom. The van der Waals surface area contributed by atoms with Crippen LogP contribution >= 0.6 is 23.2 Å². The lowest BCUT2D eigenvalue weighted by atomic mass is 10.2. The maximum atomic E-state index is 12.3. The number of aliphatic hydroxyl groups is 1. The Bertz CT molecular complexity index is 410. The van der Waals surface area contributed by atoms with Crippen molar-refractivity contribution in [2.75, 3.05) is 13.2 Å². The van der Waals surface area contributed by atoms with Crippen molar-refractivity contribution in [1.82, 2.24) is 9.88 Å². The molecule has 4 nitrogen and oxygen atoms in total. The van der Waals surface area contributed by atoms with Gasteiger partial charge in [-0.3, -0.25) is 4.79 Å². The summed E-state index contributed by atoms with van der Waals surface area (Å²) in [6.07, 6.45) is 3.61. The third-order valence-corrected chi connectivity index (χ3v) is 3.70. The second-order valence-corrected chi connectivity index (χ2v) is 5.29. The van der Waals surface area contributed by atoms with E-state index in [1.165, 1.54) is 0 Å². The zero-order valence-electron chi connectivity index (χ0n) is 9.96. The van der Waals surface area contributed by atoms with Crippen molar-refractivity contribution in [3.05, 3.63) is 21.9 Å². The number of nitrogens with zero attached hydrogens (tertiary/aromatic N) is 1. The van der Waals surface area contributed by atoms with E-state index in [9.17, 15) is 4.79 Å². The topological polar surface area (TPSA) is 56.3 Å². The van der Waals surface area contributed by atoms with Gasteiger partial charge in [-0.05, 0) is 31.7 Å². The summed E-state index contributed by atoms with van der Waals surface area (Å²) in [4.78, 5) is 16.9. The summed E-state index contributed by atoms with van der Waals surface area (Å²) in [5, 5.41) is 9.45. The van der Waals surface area contributed by atoms with E-state index in [4.69, 9.17) is 28.3 Å². The number of carbonyl (C=O) groups excluding carboxylic acids is 1. The van der Waals surface area contributed by atoms with E-state index in [2.05, 4.69) is 4.98 Å². The van der Waals surface area contributed by atoms with Crippen LogP contribution in [0.4, 0.5) is 0 Å². The molecule has 1 saturated carbocycles. The summed E-state index contributed by atoms with van der Waals surface area (Å²) >= 11 is 11.6. The highest BCUT2D eigenvalue weighted by Gasteiger charge is 2.33. The number of carbonyl (C=O) groups is 1. The fourth-order valence-corrected chi connectivity index (χ4v) is 2.22. The smallest absolute Gasteiger partial charge is 0.270 e. The second-order valence-electron chi connectivity index (χ2n) is 4.51. The summed E-state index contributed by atoms with van der Waals surface area (Å²) in [5.74, 6) is -0.0655. The highest BCUT2D eigenvalue weighted by molar-refractivity contribution is 6.41. The standard InChI is InChI=1S/C12H16Cl2N2O2/c13-9-7-10(15-11(9)14)12(18)16(8-3-4-8)5-1-2-6-17/h7-8,15,17H,1-6H2. The van der Waals surface area contributed by atoms with Crippen molar-refractivity contribution in [3.63, 3.8) is 0 Å². The van der Waals surface area contributed by atoms with Gasteiger partial charge in [0.1, 0.15) is 10.8 Å². The van der Waals surface area contributed by atoms with Crippen LogP contribution in [-0.4, -0.2) is 40.1 Å². The van der Waals surface area contributed by atoms with Gasteiger partial charge >= 0.3 is 0 Å². The molecule has 1 amide bonds. The number of aliphatic hydroxyl groups excluding tert-OH is 1. The Kier molecular flexibility index (Phi) is 4.54. The molecule has 1 aliphatic rings. The van der Waals surface area contributed by atoms with Gasteiger partial charge in [0.2, 0.25) is 0 Å². The highest BCUT2D eigenvalue weighted by Crippen LogP contribution is 2.30. The van der Waals surface area contributed by atoms with Gasteiger partial charge in [-0.2, -0.15) is 0 Å². The Balaban J connectivity index is 2.03. The van der Waals surface area contributed by atoms with Crippen LogP contribution in [0.2, 0.25) is 10.2 Å². The molecule has 1 heterocycles. The lowest BCUT2D eigenvalue weighted by Crippen LogP contribution is -2.34. The average molecular weight is 291 g/mol. The van der Waals surface area contributed by atoms with Crippen molar-refractivity contribution < 1.29 is 9.90 Å². The maximum absolute atomic E-state index is 12.3. The van der Waals surface area contributed by atoms with Gasteiger partial charge in [-0.15, -0.1) is 0 Å². The second kappa shape index (κ2) is 5.95. The van der Waals surface area contributed by atoms with Crippen LogP contribution in [0, 0.1) is 0 Å². The number of halogens is 2. The van der Waals surface area contributed by atoms with Crippen LogP contribution < -0.4 is 0 Å². The molecule has 0 atom stereocenters. The molecule has 1 fully saturated rings. The fourth-order valence-electron chi connectivity index (χ4n) is 1.90. The van der Waals surface area contributed by atoms with Crippen LogP contribution in [0.5, 0.6) is 0 Å². The fraction of sp³-hybridized carbons (Fsp3) is 0.583. The van der Waals surface area contributed by atoms with E-state index in [1.807, 2.05) is 4.90 Å². The molecule has 2 N–H and O–H groups in total. The molecule has 1 aromatic heterocycles. The summed E-state index contributed by atoms with van der Waals surface area (Å²) in [7, 11) is 0. The normalized spacial score (nSPS) is 14.8. The number of aromatic amines is 1. The Morgan fingerprint density at radius 1 is 1.44 bits per heavy atom. The highest BCUT2D eigenvalue weighted by atomic mass is 35.5. The largest absolute Gasteiger partial charge is 0.396 e. The molecule has 0 radical (unpaired) electrons. The lowest BCUT2D eigenvalue weighted by Gasteiger charge is -2.21. The van der Waals surface area contributed by atoms with Gasteiger partial charge in [0, 0.05) is 19.2 Å². The van der Waals surface area contributed by atoms with Crippen LogP contribution in [-0.2, 0) is 0 Å². The third kappa shape index (κ3) is 3.19. The molecule has 0 aliphatic heterocycles. The van der Waals surface area contributed by atoms with Crippen LogP contribution in [0.25, 0.3) is 0 Å². The molecule has 0 unspecified atom stereocenters. The molecule has 1 aliphatic carbocycles. The van der Waals surface area contributed by atoms with Crippen LogP contribution in [0.15, 0.2) is 6.07 Å². The predicted molar refractivity (Wildman–Crippen MR) is 71.2 cm³/mol. The molecule has 0 spiro atoms. The van der Waals surface area contributed by atoms with E-state index < -0.39 is 0 Å². The lowest BCUT2D eigenvalue weighted by molar-refractivity contribution is 0.0731. The zero-order chi connectivity index (χ0) is 13.1. The van der Waals surface area contributed by atoms with E-state index >= 15 is 0 Å². The average Bonchev–Trinajstić information content (AvgIpc) is 3.12. The SMILES string of the molecule is O=C(c1cc(Cl)c(Cl)[nH]1)N(CCCCO)C1CC1. The summed E-state index contributed by atoms with van der Waals surface area (Å²) < 4.78 is 0. The van der Waals surface area contributed by atoms with E-state index in [-0.39, 0.29) is 12.5 Å². The summed E-state index contributed by atoms with van der Waals surface area (Å²) in [6.45, 7) is 0.825. The zero-order valence-corrected chi connectivity index (χ0v) is 11.5. The Morgan fingerprint density at radius 3 is 2.67 bits per heavy atom. The molecule has 0 saturated heterocycles. The Labute approximate surface area is 116 Å². The first-order valence-electron chi connectivity index (χ1n) is 6.09. The monoisotopic (exact) mass is 290 g/mol.